The number of hydrogen-bond donors (Lipinski definition) is 9. The fourth-order valence-electron chi connectivity index (χ4n) is 2.66. The van der Waals surface area contributed by atoms with Gasteiger partial charge in [-0.1, -0.05) is 20.3 Å². The van der Waals surface area contributed by atoms with Gasteiger partial charge in [0.25, 0.3) is 0 Å². The molecule has 0 bridgehead atoms. The molecule has 0 fully saturated rings. The van der Waals surface area contributed by atoms with Crippen molar-refractivity contribution >= 4 is 35.6 Å². The second kappa shape index (κ2) is 15.4. The Kier molecular flexibility index (Phi) is 13.8. The fraction of sp³-hybridized carbons (Fsp3) is 0.684. The Morgan fingerprint density at radius 3 is 1.91 bits per heavy atom. The predicted octanol–water partition coefficient (Wildman–Crippen LogP) is -3.58. The summed E-state index contributed by atoms with van der Waals surface area (Å²) in [5.74, 6) is -6.09. The van der Waals surface area contributed by atoms with Crippen molar-refractivity contribution in [1.29, 1.82) is 0 Å². The van der Waals surface area contributed by atoms with Crippen LogP contribution in [-0.2, 0) is 24.0 Å². The maximum Gasteiger partial charge on any atom is 0.326 e. The average Bonchev–Trinajstić information content (AvgIpc) is 2.76. The maximum absolute atomic E-state index is 12.5. The van der Waals surface area contributed by atoms with Crippen LogP contribution >= 0.6 is 0 Å². The minimum Gasteiger partial charge on any atom is -0.481 e. The highest BCUT2D eigenvalue weighted by Crippen LogP contribution is 2.06. The van der Waals surface area contributed by atoms with Gasteiger partial charge in [0.05, 0.1) is 19.1 Å². The molecule has 12 N–H and O–H groups in total. The number of amides is 3. The van der Waals surface area contributed by atoms with Crippen molar-refractivity contribution in [3.63, 3.8) is 0 Å². The summed E-state index contributed by atoms with van der Waals surface area (Å²) in [6.45, 7) is 2.79. The van der Waals surface area contributed by atoms with Crippen molar-refractivity contribution in [1.82, 2.24) is 16.0 Å². The number of aliphatic imine (C=N–C) groups is 1. The number of aliphatic hydroxyl groups is 1. The minimum absolute atomic E-state index is 0.0750. The number of guanidine groups is 1. The van der Waals surface area contributed by atoms with Crippen molar-refractivity contribution in [3.05, 3.63) is 0 Å². The van der Waals surface area contributed by atoms with Crippen LogP contribution in [-0.4, -0.2) is 88.3 Å². The molecule has 15 heteroatoms. The Hall–Kier alpha value is -3.46. The number of carboxylic acids is 2. The first kappa shape index (κ1) is 30.5. The topological polar surface area (TPSA) is 273 Å². The van der Waals surface area contributed by atoms with E-state index in [0.717, 1.165) is 0 Å². The lowest BCUT2D eigenvalue weighted by molar-refractivity contribution is -0.144. The van der Waals surface area contributed by atoms with Crippen molar-refractivity contribution in [2.75, 3.05) is 13.2 Å². The third-order valence-corrected chi connectivity index (χ3v) is 4.95. The molecule has 0 rings (SSSR count). The van der Waals surface area contributed by atoms with Crippen LogP contribution in [0.1, 0.15) is 39.5 Å². The standard InChI is InChI=1S/C19H35N7O8/c1-3-9(2)14(20)17(32)26-12(8-27)16(31)25-11(7-13(28)29)15(30)24-10(18(33)34)5-4-6-23-19(21)22/h9-12,14,27H,3-8,20H2,1-2H3,(H,24,30)(H,25,31)(H,26,32)(H,28,29)(H,33,34)(H4,21,22,23). The van der Waals surface area contributed by atoms with E-state index < -0.39 is 66.9 Å². The summed E-state index contributed by atoms with van der Waals surface area (Å²) in [6.07, 6.45) is -0.174. The van der Waals surface area contributed by atoms with E-state index >= 15 is 0 Å². The van der Waals surface area contributed by atoms with E-state index in [0.29, 0.717) is 6.42 Å². The number of nitrogens with two attached hydrogens (primary N) is 3. The highest BCUT2D eigenvalue weighted by Gasteiger charge is 2.31. The number of carbonyl (C=O) groups excluding carboxylic acids is 3. The number of aliphatic carboxylic acids is 2. The highest BCUT2D eigenvalue weighted by atomic mass is 16.4. The van der Waals surface area contributed by atoms with Gasteiger partial charge in [-0.15, -0.1) is 0 Å². The molecular weight excluding hydrogens is 454 g/mol. The van der Waals surface area contributed by atoms with Crippen LogP contribution in [0.4, 0.5) is 0 Å². The van der Waals surface area contributed by atoms with Gasteiger partial charge >= 0.3 is 11.9 Å². The van der Waals surface area contributed by atoms with E-state index in [1.807, 2.05) is 6.92 Å². The zero-order chi connectivity index (χ0) is 26.4. The fourth-order valence-corrected chi connectivity index (χ4v) is 2.66. The molecule has 3 amide bonds. The molecule has 0 aliphatic heterocycles. The zero-order valence-corrected chi connectivity index (χ0v) is 19.2. The van der Waals surface area contributed by atoms with Gasteiger partial charge in [0.2, 0.25) is 17.7 Å². The van der Waals surface area contributed by atoms with Crippen LogP contribution in [0, 0.1) is 5.92 Å². The Morgan fingerprint density at radius 1 is 0.912 bits per heavy atom. The van der Waals surface area contributed by atoms with E-state index in [-0.39, 0.29) is 31.3 Å². The summed E-state index contributed by atoms with van der Waals surface area (Å²) < 4.78 is 0. The zero-order valence-electron chi connectivity index (χ0n) is 19.2. The van der Waals surface area contributed by atoms with Gasteiger partial charge in [0.1, 0.15) is 18.1 Å². The van der Waals surface area contributed by atoms with E-state index in [1.165, 1.54) is 0 Å². The number of aliphatic hydroxyl groups excluding tert-OH is 1. The van der Waals surface area contributed by atoms with Crippen LogP contribution in [0.5, 0.6) is 0 Å². The minimum atomic E-state index is -1.68. The first-order chi connectivity index (χ1) is 15.8. The van der Waals surface area contributed by atoms with Crippen LogP contribution in [0.3, 0.4) is 0 Å². The molecule has 0 aliphatic rings. The normalized spacial score (nSPS) is 15.1. The van der Waals surface area contributed by atoms with Gasteiger partial charge in [-0.05, 0) is 18.8 Å². The summed E-state index contributed by atoms with van der Waals surface area (Å²) in [5.41, 5.74) is 16.2. The van der Waals surface area contributed by atoms with Crippen LogP contribution in [0.2, 0.25) is 0 Å². The average molecular weight is 490 g/mol. The SMILES string of the molecule is CCC(C)C(N)C(=O)NC(CO)C(=O)NC(CC(=O)O)C(=O)NC(CCCN=C(N)N)C(=O)O. The van der Waals surface area contributed by atoms with Crippen LogP contribution < -0.4 is 33.2 Å². The van der Waals surface area contributed by atoms with Crippen molar-refractivity contribution in [3.8, 4) is 0 Å². The van der Waals surface area contributed by atoms with Crippen LogP contribution in [0.15, 0.2) is 4.99 Å². The molecule has 0 heterocycles. The predicted molar refractivity (Wildman–Crippen MR) is 120 cm³/mol. The highest BCUT2D eigenvalue weighted by molar-refractivity contribution is 5.95. The summed E-state index contributed by atoms with van der Waals surface area (Å²) >= 11 is 0. The van der Waals surface area contributed by atoms with Gasteiger partial charge in [-0.3, -0.25) is 24.2 Å². The third kappa shape index (κ3) is 11.4. The molecule has 0 aromatic heterocycles. The van der Waals surface area contributed by atoms with Gasteiger partial charge in [-0.25, -0.2) is 4.79 Å². The molecule has 0 saturated carbocycles. The van der Waals surface area contributed by atoms with E-state index in [9.17, 15) is 34.2 Å². The van der Waals surface area contributed by atoms with Crippen LogP contribution in [0.25, 0.3) is 0 Å². The van der Waals surface area contributed by atoms with Crippen molar-refractivity contribution in [2.24, 2.45) is 28.1 Å². The first-order valence-electron chi connectivity index (χ1n) is 10.6. The third-order valence-electron chi connectivity index (χ3n) is 4.95. The molecular formula is C19H35N7O8. The Bertz CT molecular complexity index is 757. The molecule has 5 unspecified atom stereocenters. The smallest absolute Gasteiger partial charge is 0.326 e. The molecule has 5 atom stereocenters. The molecule has 0 aromatic carbocycles. The van der Waals surface area contributed by atoms with Crippen molar-refractivity contribution in [2.45, 2.75) is 63.7 Å². The lowest BCUT2D eigenvalue weighted by Crippen LogP contribution is -2.58. The van der Waals surface area contributed by atoms with Gasteiger partial charge in [0.15, 0.2) is 5.96 Å². The number of nitrogens with one attached hydrogen (secondary N) is 3. The molecule has 34 heavy (non-hydrogen) atoms. The molecule has 15 nitrogen and oxygen atoms in total. The number of nitrogens with zero attached hydrogens (tertiary/aromatic N) is 1. The Labute approximate surface area is 196 Å². The maximum atomic E-state index is 12.5. The number of carboxylic acid groups (broad SMARTS) is 2. The second-order valence-electron chi connectivity index (χ2n) is 7.66. The van der Waals surface area contributed by atoms with Gasteiger partial charge in [0, 0.05) is 6.54 Å². The summed E-state index contributed by atoms with van der Waals surface area (Å²) in [5, 5.41) is 34.4. The number of hydrogen-bond acceptors (Lipinski definition) is 8. The first-order valence-corrected chi connectivity index (χ1v) is 10.6. The van der Waals surface area contributed by atoms with E-state index in [1.54, 1.807) is 6.92 Å². The second-order valence-corrected chi connectivity index (χ2v) is 7.66. The quantitative estimate of drug-likeness (QED) is 0.0580. The summed E-state index contributed by atoms with van der Waals surface area (Å²) in [6, 6.07) is -5.56. The number of carbonyl (C=O) groups is 5. The largest absolute Gasteiger partial charge is 0.481 e. The lowest BCUT2D eigenvalue weighted by atomic mass is 9.99. The molecule has 0 saturated heterocycles. The Morgan fingerprint density at radius 2 is 1.44 bits per heavy atom. The molecule has 194 valence electrons. The Balaban J connectivity index is 5.29. The van der Waals surface area contributed by atoms with Gasteiger partial charge < -0.3 is 48.5 Å². The molecule has 0 radical (unpaired) electrons. The van der Waals surface area contributed by atoms with Crippen molar-refractivity contribution < 1.29 is 39.3 Å². The summed E-state index contributed by atoms with van der Waals surface area (Å²) in [7, 11) is 0. The van der Waals surface area contributed by atoms with E-state index in [2.05, 4.69) is 20.9 Å². The molecule has 0 aromatic rings. The monoisotopic (exact) mass is 489 g/mol. The van der Waals surface area contributed by atoms with Gasteiger partial charge in [-0.2, -0.15) is 0 Å². The summed E-state index contributed by atoms with van der Waals surface area (Å²) in [4.78, 5) is 63.6. The lowest BCUT2D eigenvalue weighted by Gasteiger charge is -2.24. The molecule has 0 aliphatic carbocycles. The van der Waals surface area contributed by atoms with E-state index in [4.69, 9.17) is 22.3 Å². The molecule has 0 spiro atoms. The number of rotatable bonds is 16.